The molecule has 1 aromatic heterocycles. The van der Waals surface area contributed by atoms with Crippen molar-refractivity contribution in [2.45, 2.75) is 50.4 Å². The number of ether oxygens (including phenoxy) is 2. The van der Waals surface area contributed by atoms with Gasteiger partial charge in [-0.3, -0.25) is 4.68 Å². The van der Waals surface area contributed by atoms with Crippen LogP contribution in [-0.4, -0.2) is 41.2 Å². The maximum Gasteiger partial charge on any atom is 0.0741 e. The van der Waals surface area contributed by atoms with Crippen LogP contribution in [0.3, 0.4) is 0 Å². The van der Waals surface area contributed by atoms with Gasteiger partial charge in [0.1, 0.15) is 0 Å². The van der Waals surface area contributed by atoms with E-state index in [1.807, 2.05) is 23.1 Å². The van der Waals surface area contributed by atoms with Gasteiger partial charge in [-0.2, -0.15) is 5.10 Å². The number of nitrogens with zero attached hydrogens (tertiary/aromatic N) is 2. The third-order valence-corrected chi connectivity index (χ3v) is 5.49. The molecule has 4 rings (SSSR count). The summed E-state index contributed by atoms with van der Waals surface area (Å²) in [6.45, 7) is 4.24. The van der Waals surface area contributed by atoms with Crippen LogP contribution in [-0.2, 0) is 22.6 Å². The Morgan fingerprint density at radius 3 is 2.76 bits per heavy atom. The van der Waals surface area contributed by atoms with Gasteiger partial charge in [-0.15, -0.1) is 0 Å². The van der Waals surface area contributed by atoms with Gasteiger partial charge in [0.25, 0.3) is 0 Å². The molecule has 134 valence electrons. The molecule has 2 saturated heterocycles. The number of rotatable bonds is 5. The highest BCUT2D eigenvalue weighted by atomic mass is 16.5. The predicted octanol–water partition coefficient (Wildman–Crippen LogP) is 2.75. The van der Waals surface area contributed by atoms with Gasteiger partial charge in [-0.05, 0) is 42.9 Å². The molecule has 5 nitrogen and oxygen atoms in total. The van der Waals surface area contributed by atoms with Crippen LogP contribution < -0.4 is 5.32 Å². The lowest BCUT2D eigenvalue weighted by atomic mass is 9.84. The average molecular weight is 341 g/mol. The third kappa shape index (κ3) is 4.11. The Labute approximate surface area is 149 Å². The van der Waals surface area contributed by atoms with Crippen LogP contribution in [0.2, 0.25) is 0 Å². The number of hydrogen-bond acceptors (Lipinski definition) is 4. The molecule has 1 N–H and O–H groups in total. The molecule has 1 spiro atoms. The quantitative estimate of drug-likeness (QED) is 0.908. The van der Waals surface area contributed by atoms with Crippen LogP contribution in [0.4, 0.5) is 0 Å². The minimum absolute atomic E-state index is 0.0444. The van der Waals surface area contributed by atoms with Crippen molar-refractivity contribution < 1.29 is 9.47 Å². The van der Waals surface area contributed by atoms with E-state index in [1.165, 1.54) is 11.1 Å². The Balaban J connectivity index is 1.38. The number of benzene rings is 1. The molecule has 5 heteroatoms. The molecule has 2 aliphatic rings. The molecular weight excluding hydrogens is 314 g/mol. The first kappa shape index (κ1) is 16.8. The van der Waals surface area contributed by atoms with Gasteiger partial charge in [0.05, 0.1) is 12.1 Å². The van der Waals surface area contributed by atoms with Crippen LogP contribution in [0, 0.1) is 0 Å². The fraction of sp³-hybridized carbons (Fsp3) is 0.550. The SMILES string of the molecule is c1ccc(Cn2cccn2)c(CNC2CCOC3(CCOCC3)C2)c1. The van der Waals surface area contributed by atoms with Crippen LogP contribution in [0.1, 0.15) is 36.8 Å². The largest absolute Gasteiger partial charge is 0.381 e. The van der Waals surface area contributed by atoms with Crippen molar-refractivity contribution >= 4 is 0 Å². The van der Waals surface area contributed by atoms with E-state index in [0.717, 1.165) is 58.6 Å². The first-order valence-corrected chi connectivity index (χ1v) is 9.32. The van der Waals surface area contributed by atoms with Gasteiger partial charge in [-0.1, -0.05) is 24.3 Å². The van der Waals surface area contributed by atoms with Crippen molar-refractivity contribution in [1.82, 2.24) is 15.1 Å². The molecule has 0 bridgehead atoms. The number of hydrogen-bond donors (Lipinski definition) is 1. The summed E-state index contributed by atoms with van der Waals surface area (Å²) in [5.41, 5.74) is 2.72. The highest BCUT2D eigenvalue weighted by molar-refractivity contribution is 5.27. The molecule has 25 heavy (non-hydrogen) atoms. The third-order valence-electron chi connectivity index (χ3n) is 5.49. The van der Waals surface area contributed by atoms with E-state index in [0.29, 0.717) is 6.04 Å². The zero-order chi connectivity index (χ0) is 17.0. The van der Waals surface area contributed by atoms with Crippen LogP contribution in [0.15, 0.2) is 42.7 Å². The standard InChI is InChI=1S/C20H27N3O2/c1-2-5-18(16-23-10-3-9-22-23)17(4-1)15-21-19-6-11-25-20(14-19)7-12-24-13-8-20/h1-5,9-10,19,21H,6-8,11-16H2. The monoisotopic (exact) mass is 341 g/mol. The average Bonchev–Trinajstić information content (AvgIpc) is 3.15. The highest BCUT2D eigenvalue weighted by Gasteiger charge is 2.38. The van der Waals surface area contributed by atoms with E-state index >= 15 is 0 Å². The summed E-state index contributed by atoms with van der Waals surface area (Å²) in [6, 6.07) is 11.1. The van der Waals surface area contributed by atoms with Crippen molar-refractivity contribution in [3.8, 4) is 0 Å². The van der Waals surface area contributed by atoms with E-state index in [-0.39, 0.29) is 5.60 Å². The Kier molecular flexibility index (Phi) is 5.15. The predicted molar refractivity (Wildman–Crippen MR) is 96.4 cm³/mol. The van der Waals surface area contributed by atoms with Gasteiger partial charge < -0.3 is 14.8 Å². The van der Waals surface area contributed by atoms with E-state index < -0.39 is 0 Å². The van der Waals surface area contributed by atoms with Crippen molar-refractivity contribution in [3.05, 3.63) is 53.9 Å². The van der Waals surface area contributed by atoms with Gasteiger partial charge in [-0.25, -0.2) is 0 Å². The van der Waals surface area contributed by atoms with Crippen molar-refractivity contribution in [1.29, 1.82) is 0 Å². The first-order valence-electron chi connectivity index (χ1n) is 9.32. The number of aromatic nitrogens is 2. The Hall–Kier alpha value is -1.69. The van der Waals surface area contributed by atoms with E-state index in [4.69, 9.17) is 9.47 Å². The summed E-state index contributed by atoms with van der Waals surface area (Å²) < 4.78 is 13.6. The summed E-state index contributed by atoms with van der Waals surface area (Å²) >= 11 is 0. The highest BCUT2D eigenvalue weighted by Crippen LogP contribution is 2.34. The van der Waals surface area contributed by atoms with Crippen molar-refractivity contribution in [2.75, 3.05) is 19.8 Å². The normalized spacial score (nSPS) is 23.0. The van der Waals surface area contributed by atoms with Gasteiger partial charge >= 0.3 is 0 Å². The first-order chi connectivity index (χ1) is 12.3. The maximum absolute atomic E-state index is 6.15. The second-order valence-corrected chi connectivity index (χ2v) is 7.19. The summed E-state index contributed by atoms with van der Waals surface area (Å²) in [6.07, 6.45) is 8.08. The summed E-state index contributed by atoms with van der Waals surface area (Å²) in [5.74, 6) is 0. The van der Waals surface area contributed by atoms with Crippen LogP contribution >= 0.6 is 0 Å². The van der Waals surface area contributed by atoms with Crippen molar-refractivity contribution in [3.63, 3.8) is 0 Å². The summed E-state index contributed by atoms with van der Waals surface area (Å²) in [4.78, 5) is 0. The van der Waals surface area contributed by atoms with E-state index in [9.17, 15) is 0 Å². The minimum Gasteiger partial charge on any atom is -0.381 e. The summed E-state index contributed by atoms with van der Waals surface area (Å²) in [7, 11) is 0. The fourth-order valence-corrected chi connectivity index (χ4v) is 4.00. The van der Waals surface area contributed by atoms with Gasteiger partial charge in [0, 0.05) is 44.8 Å². The Bertz CT molecular complexity index is 660. The molecular formula is C20H27N3O2. The molecule has 3 heterocycles. The van der Waals surface area contributed by atoms with Gasteiger partial charge in [0.15, 0.2) is 0 Å². The molecule has 2 fully saturated rings. The fourth-order valence-electron chi connectivity index (χ4n) is 4.00. The van der Waals surface area contributed by atoms with E-state index in [1.54, 1.807) is 0 Å². The lowest BCUT2D eigenvalue weighted by Crippen LogP contribution is -2.49. The van der Waals surface area contributed by atoms with E-state index in [2.05, 4.69) is 34.7 Å². The smallest absolute Gasteiger partial charge is 0.0741 e. The summed E-state index contributed by atoms with van der Waals surface area (Å²) in [5, 5.41) is 8.11. The molecule has 0 saturated carbocycles. The van der Waals surface area contributed by atoms with Gasteiger partial charge in [0.2, 0.25) is 0 Å². The molecule has 1 unspecified atom stereocenters. The zero-order valence-electron chi connectivity index (χ0n) is 14.7. The molecule has 0 radical (unpaired) electrons. The zero-order valence-corrected chi connectivity index (χ0v) is 14.7. The minimum atomic E-state index is 0.0444. The molecule has 1 aromatic carbocycles. The molecule has 1 atom stereocenters. The Morgan fingerprint density at radius 2 is 1.96 bits per heavy atom. The maximum atomic E-state index is 6.15. The van der Waals surface area contributed by atoms with Crippen LogP contribution in [0.5, 0.6) is 0 Å². The molecule has 0 amide bonds. The molecule has 2 aromatic rings. The molecule has 0 aliphatic carbocycles. The second kappa shape index (κ2) is 7.68. The van der Waals surface area contributed by atoms with Crippen LogP contribution in [0.25, 0.3) is 0 Å². The lowest BCUT2D eigenvalue weighted by molar-refractivity contribution is -0.140. The topological polar surface area (TPSA) is 48.3 Å². The lowest BCUT2D eigenvalue weighted by Gasteiger charge is -2.43. The second-order valence-electron chi connectivity index (χ2n) is 7.19. The molecule has 2 aliphatic heterocycles. The Morgan fingerprint density at radius 1 is 1.12 bits per heavy atom. The number of nitrogens with one attached hydrogen (secondary N) is 1. The van der Waals surface area contributed by atoms with Crippen molar-refractivity contribution in [2.24, 2.45) is 0 Å².